The van der Waals surface area contributed by atoms with Gasteiger partial charge in [0.2, 0.25) is 0 Å². The Morgan fingerprint density at radius 1 is 1.21 bits per heavy atom. The third-order valence-corrected chi connectivity index (χ3v) is 7.05. The van der Waals surface area contributed by atoms with E-state index in [1.807, 2.05) is 12.1 Å². The lowest BCUT2D eigenvalue weighted by molar-refractivity contribution is 0.602. The van der Waals surface area contributed by atoms with Gasteiger partial charge in [-0.3, -0.25) is 0 Å². The van der Waals surface area contributed by atoms with Crippen molar-refractivity contribution in [3.63, 3.8) is 0 Å². The smallest absolute Gasteiger partial charge is 0.175 e. The second-order valence-electron chi connectivity index (χ2n) is 3.99. The van der Waals surface area contributed by atoms with Crippen LogP contribution in [0.15, 0.2) is 42.8 Å². The van der Waals surface area contributed by atoms with E-state index in [-0.39, 0.29) is 4.83 Å². The van der Waals surface area contributed by atoms with E-state index in [1.54, 1.807) is 29.5 Å². The number of halogens is 3. The standard InChI is InChI=1S/C12H9Br3O2S2/c1-19(16,17)8-4-2-3-7(5-8)11(14)9-6-10(13)18-12(9)15/h2-6,11H,1H3. The van der Waals surface area contributed by atoms with Crippen LogP contribution in [-0.4, -0.2) is 14.7 Å². The van der Waals surface area contributed by atoms with Crippen molar-refractivity contribution in [1.29, 1.82) is 0 Å². The molecule has 0 spiro atoms. The Labute approximate surface area is 141 Å². The minimum Gasteiger partial charge on any atom is -0.224 e. The van der Waals surface area contributed by atoms with Crippen LogP contribution < -0.4 is 0 Å². The molecular weight excluding hydrogens is 480 g/mol. The lowest BCUT2D eigenvalue weighted by atomic mass is 10.1. The van der Waals surface area contributed by atoms with Gasteiger partial charge in [0, 0.05) is 6.26 Å². The van der Waals surface area contributed by atoms with Crippen molar-refractivity contribution in [2.45, 2.75) is 9.72 Å². The van der Waals surface area contributed by atoms with E-state index in [4.69, 9.17) is 0 Å². The molecule has 0 saturated heterocycles. The van der Waals surface area contributed by atoms with Gasteiger partial charge in [-0.25, -0.2) is 8.42 Å². The molecule has 0 saturated carbocycles. The number of benzene rings is 1. The van der Waals surface area contributed by atoms with Gasteiger partial charge < -0.3 is 0 Å². The zero-order chi connectivity index (χ0) is 14.2. The van der Waals surface area contributed by atoms with Crippen molar-refractivity contribution in [2.24, 2.45) is 0 Å². The van der Waals surface area contributed by atoms with Crippen molar-refractivity contribution < 1.29 is 8.42 Å². The molecule has 1 aromatic carbocycles. The highest BCUT2D eigenvalue weighted by Crippen LogP contribution is 2.42. The molecule has 0 aliphatic carbocycles. The zero-order valence-electron chi connectivity index (χ0n) is 9.73. The predicted molar refractivity (Wildman–Crippen MR) is 90.0 cm³/mol. The Bertz CT molecular complexity index is 708. The Balaban J connectivity index is 2.45. The summed E-state index contributed by atoms with van der Waals surface area (Å²) in [6.45, 7) is 0. The van der Waals surface area contributed by atoms with Gasteiger partial charge >= 0.3 is 0 Å². The first-order chi connectivity index (χ1) is 8.79. The molecule has 2 aromatic rings. The highest BCUT2D eigenvalue weighted by atomic mass is 79.9. The summed E-state index contributed by atoms with van der Waals surface area (Å²) in [5.74, 6) is 0. The van der Waals surface area contributed by atoms with Gasteiger partial charge in [-0.05, 0) is 61.2 Å². The van der Waals surface area contributed by atoms with Crippen molar-refractivity contribution in [2.75, 3.05) is 6.26 Å². The first kappa shape index (κ1) is 15.7. The van der Waals surface area contributed by atoms with E-state index in [0.717, 1.165) is 18.7 Å². The van der Waals surface area contributed by atoms with E-state index in [1.165, 1.54) is 6.26 Å². The lowest BCUT2D eigenvalue weighted by Crippen LogP contribution is -1.99. The first-order valence-corrected chi connectivity index (χ1v) is 10.4. The molecule has 7 heteroatoms. The normalized spacial score (nSPS) is 13.5. The Kier molecular flexibility index (Phi) is 4.93. The van der Waals surface area contributed by atoms with Gasteiger partial charge in [0.25, 0.3) is 0 Å². The minimum atomic E-state index is -3.19. The molecule has 1 unspecified atom stereocenters. The first-order valence-electron chi connectivity index (χ1n) is 5.18. The van der Waals surface area contributed by atoms with E-state index in [2.05, 4.69) is 47.8 Å². The minimum absolute atomic E-state index is 0.0499. The summed E-state index contributed by atoms with van der Waals surface area (Å²) in [6.07, 6.45) is 1.21. The Hall–Kier alpha value is 0.310. The number of sulfone groups is 1. The average Bonchev–Trinajstić information content (AvgIpc) is 2.66. The maximum Gasteiger partial charge on any atom is 0.175 e. The molecule has 0 bridgehead atoms. The molecule has 0 aliphatic rings. The second-order valence-corrected chi connectivity index (χ2v) is 10.7. The molecule has 0 radical (unpaired) electrons. The van der Waals surface area contributed by atoms with Crippen molar-refractivity contribution in [1.82, 2.24) is 0 Å². The lowest BCUT2D eigenvalue weighted by Gasteiger charge is -2.10. The van der Waals surface area contributed by atoms with E-state index in [9.17, 15) is 8.42 Å². The molecule has 0 fully saturated rings. The third-order valence-electron chi connectivity index (χ3n) is 2.54. The molecule has 1 aromatic heterocycles. The molecule has 1 heterocycles. The molecule has 0 amide bonds. The van der Waals surface area contributed by atoms with E-state index in [0.29, 0.717) is 4.90 Å². The Morgan fingerprint density at radius 2 is 1.89 bits per heavy atom. The van der Waals surface area contributed by atoms with Gasteiger partial charge in [-0.15, -0.1) is 11.3 Å². The molecule has 0 aliphatic heterocycles. The topological polar surface area (TPSA) is 34.1 Å². The fraction of sp³-hybridized carbons (Fsp3) is 0.167. The number of hydrogen-bond acceptors (Lipinski definition) is 3. The summed E-state index contributed by atoms with van der Waals surface area (Å²) < 4.78 is 25.2. The molecular formula is C12H9Br3O2S2. The van der Waals surface area contributed by atoms with Gasteiger partial charge in [0.15, 0.2) is 9.84 Å². The van der Waals surface area contributed by atoms with Gasteiger partial charge in [-0.2, -0.15) is 0 Å². The Morgan fingerprint density at radius 3 is 2.42 bits per heavy atom. The fourth-order valence-electron chi connectivity index (χ4n) is 1.61. The van der Waals surface area contributed by atoms with Gasteiger partial charge in [0.1, 0.15) is 0 Å². The molecule has 19 heavy (non-hydrogen) atoms. The van der Waals surface area contributed by atoms with Crippen molar-refractivity contribution in [3.8, 4) is 0 Å². The maximum absolute atomic E-state index is 11.6. The van der Waals surface area contributed by atoms with Gasteiger partial charge in [-0.1, -0.05) is 28.1 Å². The maximum atomic E-state index is 11.6. The third kappa shape index (κ3) is 3.69. The molecule has 102 valence electrons. The highest BCUT2D eigenvalue weighted by Gasteiger charge is 2.18. The summed E-state index contributed by atoms with van der Waals surface area (Å²) >= 11 is 12.2. The summed E-state index contributed by atoms with van der Waals surface area (Å²) in [5.41, 5.74) is 1.98. The van der Waals surface area contributed by atoms with Crippen LogP contribution in [0.1, 0.15) is 16.0 Å². The van der Waals surface area contributed by atoms with Crippen LogP contribution in [0.3, 0.4) is 0 Å². The van der Waals surface area contributed by atoms with Crippen LogP contribution in [0.4, 0.5) is 0 Å². The molecule has 2 nitrogen and oxygen atoms in total. The zero-order valence-corrected chi connectivity index (χ0v) is 16.1. The second kappa shape index (κ2) is 5.97. The van der Waals surface area contributed by atoms with Crippen LogP contribution in [0, 0.1) is 0 Å². The molecule has 0 N–H and O–H groups in total. The summed E-state index contributed by atoms with van der Waals surface area (Å²) in [6, 6.07) is 8.99. The summed E-state index contributed by atoms with van der Waals surface area (Å²) in [7, 11) is -3.19. The SMILES string of the molecule is CS(=O)(=O)c1cccc(C(Br)c2cc(Br)sc2Br)c1. The van der Waals surface area contributed by atoms with Crippen LogP contribution in [-0.2, 0) is 9.84 Å². The summed E-state index contributed by atoms with van der Waals surface area (Å²) in [4.78, 5) is 0.283. The molecule has 1 atom stereocenters. The summed E-state index contributed by atoms with van der Waals surface area (Å²) in [5, 5.41) is 0. The number of thiophene rings is 1. The predicted octanol–water partition coefficient (Wildman–Crippen LogP) is 5.16. The van der Waals surface area contributed by atoms with Crippen LogP contribution in [0.5, 0.6) is 0 Å². The van der Waals surface area contributed by atoms with Crippen molar-refractivity contribution >= 4 is 69.0 Å². The average molecular weight is 489 g/mol. The van der Waals surface area contributed by atoms with E-state index < -0.39 is 9.84 Å². The number of alkyl halides is 1. The monoisotopic (exact) mass is 486 g/mol. The van der Waals surface area contributed by atoms with E-state index >= 15 is 0 Å². The van der Waals surface area contributed by atoms with Crippen molar-refractivity contribution in [3.05, 3.63) is 49.0 Å². The van der Waals surface area contributed by atoms with Crippen LogP contribution in [0.25, 0.3) is 0 Å². The largest absolute Gasteiger partial charge is 0.224 e. The number of rotatable bonds is 3. The quantitative estimate of drug-likeness (QED) is 0.559. The molecule has 2 rings (SSSR count). The number of hydrogen-bond donors (Lipinski definition) is 0. The van der Waals surface area contributed by atoms with Gasteiger partial charge in [0.05, 0.1) is 17.3 Å². The van der Waals surface area contributed by atoms with Crippen LogP contribution in [0.2, 0.25) is 0 Å². The van der Waals surface area contributed by atoms with Crippen LogP contribution >= 0.6 is 59.1 Å². The highest BCUT2D eigenvalue weighted by molar-refractivity contribution is 9.12. The fourth-order valence-corrected chi connectivity index (χ4v) is 6.29.